The second-order valence-electron chi connectivity index (χ2n) is 12.8. The van der Waals surface area contributed by atoms with Crippen molar-refractivity contribution in [1.29, 1.82) is 0 Å². The maximum atomic E-state index is 10.7. The van der Waals surface area contributed by atoms with Gasteiger partial charge in [0, 0.05) is 12.8 Å². The van der Waals surface area contributed by atoms with Gasteiger partial charge in [0.2, 0.25) is 0 Å². The van der Waals surface area contributed by atoms with E-state index in [-0.39, 0.29) is 13.2 Å². The monoisotopic (exact) mass is 644 g/mol. The third-order valence-electron chi connectivity index (χ3n) is 8.69. The fourth-order valence-electron chi connectivity index (χ4n) is 5.87. The molecule has 0 aromatic rings. The fraction of sp³-hybridized carbons (Fsp3) is 0.944. The molecule has 0 unspecified atom stereocenters. The largest absolute Gasteiger partial charge is 0.484 e. The molecule has 0 radical (unpaired) electrons. The predicted molar refractivity (Wildman–Crippen MR) is 189 cm³/mol. The topological polar surface area (TPSA) is 68.2 Å². The van der Waals surface area contributed by atoms with E-state index < -0.39 is 24.4 Å². The standard InChI is InChI=1S/C36H68O5S2/c1-3-5-7-9-11-13-15-17-19-21-23-25-27-33(42)39-29-31(37)35-36(32(38)30-40-35)41-34(43)28-26-24-22-20-18-16-14-12-10-8-6-4-2/h31-32,35-38H,3-30H2,1-2H3/t31-,32+,35+,36+/m1/s1. The molecule has 1 heterocycles. The third-order valence-corrected chi connectivity index (χ3v) is 9.32. The van der Waals surface area contributed by atoms with Crippen LogP contribution in [0.5, 0.6) is 0 Å². The van der Waals surface area contributed by atoms with E-state index in [1.165, 1.54) is 128 Å². The van der Waals surface area contributed by atoms with Gasteiger partial charge in [-0.25, -0.2) is 0 Å². The molecular weight excluding hydrogens is 577 g/mol. The van der Waals surface area contributed by atoms with Crippen LogP contribution in [0.15, 0.2) is 0 Å². The number of hydrogen-bond acceptors (Lipinski definition) is 7. The molecule has 7 heteroatoms. The predicted octanol–water partition coefficient (Wildman–Crippen LogP) is 10.3. The van der Waals surface area contributed by atoms with E-state index in [9.17, 15) is 10.2 Å². The zero-order valence-corrected chi connectivity index (χ0v) is 29.7. The second-order valence-corrected chi connectivity index (χ2v) is 13.8. The van der Waals surface area contributed by atoms with E-state index >= 15 is 0 Å². The summed E-state index contributed by atoms with van der Waals surface area (Å²) in [5.41, 5.74) is 0. The van der Waals surface area contributed by atoms with Gasteiger partial charge < -0.3 is 24.4 Å². The summed E-state index contributed by atoms with van der Waals surface area (Å²) in [7, 11) is 0. The highest BCUT2D eigenvalue weighted by Crippen LogP contribution is 2.23. The van der Waals surface area contributed by atoms with Crippen LogP contribution >= 0.6 is 24.4 Å². The highest BCUT2D eigenvalue weighted by molar-refractivity contribution is 7.80. The van der Waals surface area contributed by atoms with Crippen LogP contribution in [-0.2, 0) is 14.2 Å². The number of aliphatic hydroxyl groups excluding tert-OH is 2. The molecule has 1 fully saturated rings. The minimum atomic E-state index is -0.934. The summed E-state index contributed by atoms with van der Waals surface area (Å²) in [5.74, 6) is 0. The number of ether oxygens (including phenoxy) is 3. The quantitative estimate of drug-likeness (QED) is 0.0596. The van der Waals surface area contributed by atoms with Crippen molar-refractivity contribution in [2.45, 2.75) is 205 Å². The summed E-state index contributed by atoms with van der Waals surface area (Å²) in [4.78, 5) is 0. The molecule has 0 amide bonds. The first-order valence-corrected chi connectivity index (χ1v) is 19.1. The lowest BCUT2D eigenvalue weighted by Crippen LogP contribution is -2.43. The maximum absolute atomic E-state index is 10.7. The van der Waals surface area contributed by atoms with Gasteiger partial charge in [-0.2, -0.15) is 0 Å². The minimum absolute atomic E-state index is 0.0415. The Morgan fingerprint density at radius 2 is 1.00 bits per heavy atom. The molecule has 1 saturated heterocycles. The number of unbranched alkanes of at least 4 members (excludes halogenated alkanes) is 22. The lowest BCUT2D eigenvalue weighted by molar-refractivity contribution is -0.0620. The second kappa shape index (κ2) is 29.1. The number of thiocarbonyl (C=S) groups is 2. The van der Waals surface area contributed by atoms with Crippen molar-refractivity contribution >= 4 is 34.5 Å². The van der Waals surface area contributed by atoms with E-state index in [1.807, 2.05) is 0 Å². The van der Waals surface area contributed by atoms with Gasteiger partial charge in [-0.05, 0) is 37.3 Å². The Labute approximate surface area is 276 Å². The summed E-state index contributed by atoms with van der Waals surface area (Å²) >= 11 is 10.9. The molecule has 2 N–H and O–H groups in total. The first kappa shape index (κ1) is 40.7. The molecule has 0 aliphatic carbocycles. The van der Waals surface area contributed by atoms with Crippen molar-refractivity contribution in [2.75, 3.05) is 13.2 Å². The molecule has 0 aromatic carbocycles. The highest BCUT2D eigenvalue weighted by Gasteiger charge is 2.43. The Morgan fingerprint density at radius 1 is 0.628 bits per heavy atom. The molecule has 5 nitrogen and oxygen atoms in total. The maximum Gasteiger partial charge on any atom is 0.160 e. The van der Waals surface area contributed by atoms with Gasteiger partial charge in [-0.1, -0.05) is 155 Å². The first-order valence-electron chi connectivity index (χ1n) is 18.3. The SMILES string of the molecule is CCCCCCCCCCCCCCC(=S)OC[C@@H](O)[C@@H]1OC[C@H](O)[C@@H]1OC(=S)CCCCCCCCCCCCCC. The number of hydrogen-bond donors (Lipinski definition) is 2. The normalized spacial score (nSPS) is 19.0. The molecule has 254 valence electrons. The molecular formula is C36H68O5S2. The molecule has 0 aromatic heterocycles. The van der Waals surface area contributed by atoms with E-state index in [4.69, 9.17) is 38.6 Å². The van der Waals surface area contributed by atoms with Crippen molar-refractivity contribution in [2.24, 2.45) is 0 Å². The molecule has 0 bridgehead atoms. The van der Waals surface area contributed by atoms with Crippen LogP contribution in [0.3, 0.4) is 0 Å². The van der Waals surface area contributed by atoms with E-state index in [0.717, 1.165) is 32.1 Å². The zero-order chi connectivity index (χ0) is 31.4. The Hall–Kier alpha value is -0.340. The average Bonchev–Trinajstić information content (AvgIpc) is 3.36. The zero-order valence-electron chi connectivity index (χ0n) is 28.0. The number of aliphatic hydroxyl groups is 2. The van der Waals surface area contributed by atoms with Crippen molar-refractivity contribution in [3.8, 4) is 0 Å². The van der Waals surface area contributed by atoms with Crippen LogP contribution in [0.1, 0.15) is 181 Å². The first-order chi connectivity index (χ1) is 21.0. The van der Waals surface area contributed by atoms with Gasteiger partial charge in [0.05, 0.1) is 6.61 Å². The van der Waals surface area contributed by atoms with E-state index in [0.29, 0.717) is 16.5 Å². The molecule has 1 aliphatic rings. The van der Waals surface area contributed by atoms with Crippen molar-refractivity contribution < 1.29 is 24.4 Å². The molecule has 1 aliphatic heterocycles. The van der Waals surface area contributed by atoms with Crippen LogP contribution in [0, 0.1) is 0 Å². The van der Waals surface area contributed by atoms with Crippen LogP contribution in [-0.4, -0.2) is 57.9 Å². The third kappa shape index (κ3) is 22.8. The highest BCUT2D eigenvalue weighted by atomic mass is 32.1. The number of rotatable bonds is 30. The molecule has 4 atom stereocenters. The van der Waals surface area contributed by atoms with Gasteiger partial charge in [-0.15, -0.1) is 0 Å². The molecule has 43 heavy (non-hydrogen) atoms. The Morgan fingerprint density at radius 3 is 1.42 bits per heavy atom. The van der Waals surface area contributed by atoms with Crippen molar-refractivity contribution in [3.63, 3.8) is 0 Å². The van der Waals surface area contributed by atoms with Crippen molar-refractivity contribution in [3.05, 3.63) is 0 Å². The Kier molecular flexibility index (Phi) is 27.5. The average molecular weight is 645 g/mol. The lowest BCUT2D eigenvalue weighted by atomic mass is 10.0. The lowest BCUT2D eigenvalue weighted by Gasteiger charge is -2.26. The summed E-state index contributed by atoms with van der Waals surface area (Å²) < 4.78 is 17.3. The fourth-order valence-corrected chi connectivity index (χ4v) is 6.34. The molecule has 0 spiro atoms. The van der Waals surface area contributed by atoms with Gasteiger partial charge in [0.25, 0.3) is 0 Å². The molecule has 0 saturated carbocycles. The van der Waals surface area contributed by atoms with Gasteiger partial charge in [0.15, 0.2) is 16.2 Å². The van der Waals surface area contributed by atoms with Crippen LogP contribution in [0.25, 0.3) is 0 Å². The summed E-state index contributed by atoms with van der Waals surface area (Å²) in [5, 5.41) is 22.1. The van der Waals surface area contributed by atoms with Gasteiger partial charge in [0.1, 0.15) is 24.9 Å². The van der Waals surface area contributed by atoms with Crippen LogP contribution in [0.4, 0.5) is 0 Å². The van der Waals surface area contributed by atoms with E-state index in [1.54, 1.807) is 0 Å². The Balaban J connectivity index is 2.07. The van der Waals surface area contributed by atoms with Gasteiger partial charge >= 0.3 is 0 Å². The summed E-state index contributed by atoms with van der Waals surface area (Å²) in [6.07, 6.45) is 29.6. The minimum Gasteiger partial charge on any atom is -0.484 e. The molecule has 1 rings (SSSR count). The Bertz CT molecular complexity index is 662. The van der Waals surface area contributed by atoms with Gasteiger partial charge in [-0.3, -0.25) is 0 Å². The van der Waals surface area contributed by atoms with E-state index in [2.05, 4.69) is 13.8 Å². The van der Waals surface area contributed by atoms with Crippen LogP contribution in [0.2, 0.25) is 0 Å². The van der Waals surface area contributed by atoms with Crippen LogP contribution < -0.4 is 0 Å². The smallest absolute Gasteiger partial charge is 0.160 e. The summed E-state index contributed by atoms with van der Waals surface area (Å²) in [6.45, 7) is 4.69. The summed E-state index contributed by atoms with van der Waals surface area (Å²) in [6, 6.07) is 0. The van der Waals surface area contributed by atoms with Crippen molar-refractivity contribution in [1.82, 2.24) is 0 Å².